The maximum atomic E-state index is 5.55. The van der Waals surface area contributed by atoms with E-state index in [0.717, 1.165) is 34.0 Å². The number of imidazole rings is 1. The molecular weight excluding hydrogens is 504 g/mol. The molecule has 0 fully saturated rings. The van der Waals surface area contributed by atoms with Gasteiger partial charge in [0.1, 0.15) is 18.5 Å². The Morgan fingerprint density at radius 3 is 2.00 bits per heavy atom. The third-order valence-corrected chi connectivity index (χ3v) is 6.04. The zero-order valence-electron chi connectivity index (χ0n) is 22.5. The van der Waals surface area contributed by atoms with Gasteiger partial charge in [-0.2, -0.15) is 0 Å². The molecule has 4 rings (SSSR count). The van der Waals surface area contributed by atoms with Crippen LogP contribution < -0.4 is 40.8 Å². The molecule has 0 radical (unpaired) electrons. The van der Waals surface area contributed by atoms with Crippen molar-refractivity contribution < 1.29 is 35.9 Å². The van der Waals surface area contributed by atoms with Crippen molar-refractivity contribution in [3.05, 3.63) is 84.2 Å². The highest BCUT2D eigenvalue weighted by atomic mass is 35.5. The summed E-state index contributed by atoms with van der Waals surface area (Å²) in [5.41, 5.74) is 4.14. The first-order valence-corrected chi connectivity index (χ1v) is 11.8. The van der Waals surface area contributed by atoms with Crippen LogP contribution in [0.4, 0.5) is 5.69 Å². The van der Waals surface area contributed by atoms with Gasteiger partial charge in [-0.3, -0.25) is 0 Å². The van der Waals surface area contributed by atoms with Crippen LogP contribution in [0.5, 0.6) is 23.0 Å². The van der Waals surface area contributed by atoms with E-state index in [0.29, 0.717) is 23.8 Å². The molecule has 0 saturated carbocycles. The normalized spacial score (nSPS) is 10.7. The minimum absolute atomic E-state index is 0. The molecule has 38 heavy (non-hydrogen) atoms. The maximum Gasteiger partial charge on any atom is 0.314 e. The molecule has 0 spiro atoms. The summed E-state index contributed by atoms with van der Waals surface area (Å²) in [6.07, 6.45) is 5.81. The van der Waals surface area contributed by atoms with E-state index in [-0.39, 0.29) is 12.4 Å². The van der Waals surface area contributed by atoms with E-state index in [2.05, 4.69) is 33.7 Å². The summed E-state index contributed by atoms with van der Waals surface area (Å²) in [6.45, 7) is 0.568. The van der Waals surface area contributed by atoms with Crippen LogP contribution in [0.1, 0.15) is 11.1 Å². The number of methoxy groups -OCH3 is 4. The van der Waals surface area contributed by atoms with Crippen molar-refractivity contribution in [1.29, 1.82) is 0 Å². The molecule has 0 aliphatic heterocycles. The van der Waals surface area contributed by atoms with Crippen molar-refractivity contribution in [2.24, 2.45) is 5.10 Å². The highest BCUT2D eigenvalue weighted by Gasteiger charge is 2.22. The van der Waals surface area contributed by atoms with Crippen molar-refractivity contribution >= 4 is 11.9 Å². The Morgan fingerprint density at radius 1 is 0.842 bits per heavy atom. The fraction of sp³-hybridized carbons (Fsp3) is 0.241. The summed E-state index contributed by atoms with van der Waals surface area (Å²) in [7, 11) is 10.5. The van der Waals surface area contributed by atoms with Crippen LogP contribution in [-0.4, -0.2) is 53.4 Å². The molecular formula is C29H33ClN4O4. The van der Waals surface area contributed by atoms with E-state index in [4.69, 9.17) is 24.0 Å². The fourth-order valence-electron chi connectivity index (χ4n) is 4.09. The van der Waals surface area contributed by atoms with Gasteiger partial charge in [0.15, 0.2) is 17.7 Å². The topological polar surface area (TPSA) is 61.3 Å². The Labute approximate surface area is 230 Å². The van der Waals surface area contributed by atoms with Crippen molar-refractivity contribution in [3.8, 4) is 34.4 Å². The first-order valence-electron chi connectivity index (χ1n) is 11.8. The average molecular weight is 537 g/mol. The van der Waals surface area contributed by atoms with Crippen LogP contribution >= 0.6 is 0 Å². The monoisotopic (exact) mass is 536 g/mol. The SMILES string of the molecule is COc1ccc(-c2n(/N=C/c3ccc(N(C)C)cc3)cc[n+]2Cc2cc(OC)c(OC)c(OC)c2)cc1.[Cl-]. The van der Waals surface area contributed by atoms with E-state index < -0.39 is 0 Å². The van der Waals surface area contributed by atoms with E-state index >= 15 is 0 Å². The lowest BCUT2D eigenvalue weighted by Gasteiger charge is -2.13. The van der Waals surface area contributed by atoms with Gasteiger partial charge in [-0.05, 0) is 54.1 Å². The van der Waals surface area contributed by atoms with Gasteiger partial charge in [-0.25, -0.2) is 4.57 Å². The predicted molar refractivity (Wildman–Crippen MR) is 146 cm³/mol. The zero-order valence-corrected chi connectivity index (χ0v) is 23.3. The third kappa shape index (κ3) is 6.20. The molecule has 0 N–H and O–H groups in total. The molecule has 9 heteroatoms. The number of halogens is 1. The second-order valence-electron chi connectivity index (χ2n) is 8.59. The Balaban J connectivity index is 0.00000400. The molecule has 0 amide bonds. The van der Waals surface area contributed by atoms with Gasteiger partial charge < -0.3 is 36.3 Å². The molecule has 200 valence electrons. The zero-order chi connectivity index (χ0) is 26.4. The predicted octanol–water partition coefficient (Wildman–Crippen LogP) is 1.48. The quantitative estimate of drug-likeness (QED) is 0.227. The molecule has 8 nitrogen and oxygen atoms in total. The largest absolute Gasteiger partial charge is 1.00 e. The van der Waals surface area contributed by atoms with Gasteiger partial charge in [-0.1, -0.05) is 17.2 Å². The third-order valence-electron chi connectivity index (χ3n) is 6.04. The molecule has 0 saturated heterocycles. The van der Waals surface area contributed by atoms with Gasteiger partial charge in [0.25, 0.3) is 0 Å². The summed E-state index contributed by atoms with van der Waals surface area (Å²) in [4.78, 5) is 2.07. The molecule has 0 aliphatic rings. The second-order valence-corrected chi connectivity index (χ2v) is 8.59. The van der Waals surface area contributed by atoms with E-state index in [1.807, 2.05) is 73.8 Å². The number of aromatic nitrogens is 2. The van der Waals surface area contributed by atoms with Crippen LogP contribution in [0, 0.1) is 0 Å². The van der Waals surface area contributed by atoms with Crippen LogP contribution in [-0.2, 0) is 6.54 Å². The number of benzene rings is 3. The Hall–Kier alpha value is -4.17. The minimum Gasteiger partial charge on any atom is -1.00 e. The van der Waals surface area contributed by atoms with Gasteiger partial charge in [0.05, 0.1) is 40.2 Å². The molecule has 4 aromatic rings. The smallest absolute Gasteiger partial charge is 0.314 e. The maximum absolute atomic E-state index is 5.55. The summed E-state index contributed by atoms with van der Waals surface area (Å²) in [5.74, 6) is 3.50. The standard InChI is InChI=1S/C29H33N4O4.ClH/c1-31(2)24-11-7-21(8-12-24)19-30-33-16-15-32(29(33)23-9-13-25(34-3)14-10-23)20-22-17-26(35-4)28(37-6)27(18-22)36-5;/h7-19H,20H2,1-6H3;1H/q+1;/p-1/b30-19+;. The van der Waals surface area contributed by atoms with Gasteiger partial charge >= 0.3 is 5.82 Å². The Kier molecular flexibility index (Phi) is 9.62. The van der Waals surface area contributed by atoms with Gasteiger partial charge in [-0.15, -0.1) is 4.68 Å². The summed E-state index contributed by atoms with van der Waals surface area (Å²) >= 11 is 0. The van der Waals surface area contributed by atoms with E-state index in [9.17, 15) is 0 Å². The minimum atomic E-state index is 0. The first kappa shape index (κ1) is 28.4. The number of hydrogen-bond donors (Lipinski definition) is 0. The van der Waals surface area contributed by atoms with E-state index in [1.54, 1.807) is 28.4 Å². The lowest BCUT2D eigenvalue weighted by atomic mass is 10.1. The number of rotatable bonds is 10. The Bertz CT molecular complexity index is 1340. The van der Waals surface area contributed by atoms with Crippen molar-refractivity contribution in [2.45, 2.75) is 6.54 Å². The van der Waals surface area contributed by atoms with Gasteiger partial charge in [0.2, 0.25) is 5.75 Å². The molecule has 0 atom stereocenters. The van der Waals surface area contributed by atoms with Crippen molar-refractivity contribution in [2.75, 3.05) is 47.4 Å². The number of nitrogens with zero attached hydrogens (tertiary/aromatic N) is 4. The number of ether oxygens (including phenoxy) is 4. The van der Waals surface area contributed by atoms with E-state index in [1.165, 1.54) is 0 Å². The van der Waals surface area contributed by atoms with Crippen LogP contribution in [0.2, 0.25) is 0 Å². The van der Waals surface area contributed by atoms with Crippen molar-refractivity contribution in [3.63, 3.8) is 0 Å². The lowest BCUT2D eigenvalue weighted by molar-refractivity contribution is -0.676. The highest BCUT2D eigenvalue weighted by molar-refractivity contribution is 5.80. The highest BCUT2D eigenvalue weighted by Crippen LogP contribution is 2.38. The summed E-state index contributed by atoms with van der Waals surface area (Å²) in [5, 5.41) is 4.78. The molecule has 3 aromatic carbocycles. The van der Waals surface area contributed by atoms with Crippen molar-refractivity contribution in [1.82, 2.24) is 4.68 Å². The van der Waals surface area contributed by atoms with Crippen LogP contribution in [0.25, 0.3) is 11.4 Å². The summed E-state index contributed by atoms with van der Waals surface area (Å²) < 4.78 is 26.0. The molecule has 1 aromatic heterocycles. The van der Waals surface area contributed by atoms with Crippen LogP contribution in [0.3, 0.4) is 0 Å². The Morgan fingerprint density at radius 2 is 1.47 bits per heavy atom. The first-order chi connectivity index (χ1) is 18.0. The molecule has 0 bridgehead atoms. The number of anilines is 1. The van der Waals surface area contributed by atoms with Gasteiger partial charge in [0, 0.05) is 25.3 Å². The molecule has 1 heterocycles. The summed E-state index contributed by atoms with van der Waals surface area (Å²) in [6, 6.07) is 20.1. The second kappa shape index (κ2) is 12.9. The molecule has 0 aliphatic carbocycles. The average Bonchev–Trinajstić information content (AvgIpc) is 3.33. The lowest BCUT2D eigenvalue weighted by Crippen LogP contribution is -3.00. The fourth-order valence-corrected chi connectivity index (χ4v) is 4.09. The van der Waals surface area contributed by atoms with Crippen LogP contribution in [0.15, 0.2) is 78.2 Å². The molecule has 0 unspecified atom stereocenters. The number of hydrogen-bond acceptors (Lipinski definition) is 6.